The molecule has 0 aromatic heterocycles. The smallest absolute Gasteiger partial charge is 0.0992 e. The summed E-state index contributed by atoms with van der Waals surface area (Å²) in [6.45, 7) is 2.28. The van der Waals surface area contributed by atoms with Crippen LogP contribution in [-0.2, 0) is 0 Å². The molecular weight excluding hydrogens is 198 g/mol. The van der Waals surface area contributed by atoms with Crippen LogP contribution >= 0.6 is 0 Å². The molecule has 0 radical (unpaired) electrons. The summed E-state index contributed by atoms with van der Waals surface area (Å²) in [6.07, 6.45) is 3.70. The largest absolute Gasteiger partial charge is 0.397 e. The molecule has 1 aromatic rings. The Bertz CT molecular complexity index is 420. The summed E-state index contributed by atoms with van der Waals surface area (Å²) in [5, 5.41) is 12.2. The molecule has 0 aliphatic heterocycles. The summed E-state index contributed by atoms with van der Waals surface area (Å²) in [4.78, 5) is 0. The molecule has 3 N–H and O–H groups in total. The Balaban J connectivity index is 2.08. The highest BCUT2D eigenvalue weighted by molar-refractivity contribution is 5.68. The van der Waals surface area contributed by atoms with Gasteiger partial charge in [-0.25, -0.2) is 0 Å². The molecular formula is C13H17N3. The van der Waals surface area contributed by atoms with Gasteiger partial charge in [-0.05, 0) is 43.4 Å². The van der Waals surface area contributed by atoms with Gasteiger partial charge < -0.3 is 11.1 Å². The molecule has 3 nitrogen and oxygen atoms in total. The summed E-state index contributed by atoms with van der Waals surface area (Å²) in [5.41, 5.74) is 8.13. The summed E-state index contributed by atoms with van der Waals surface area (Å²) in [7, 11) is 0. The molecule has 0 saturated heterocycles. The van der Waals surface area contributed by atoms with E-state index in [0.717, 1.165) is 11.6 Å². The highest BCUT2D eigenvalue weighted by Gasteiger charge is 2.21. The van der Waals surface area contributed by atoms with Crippen LogP contribution in [-0.4, -0.2) is 6.04 Å². The molecule has 1 fully saturated rings. The lowest BCUT2D eigenvalue weighted by atomic mass is 10.1. The van der Waals surface area contributed by atoms with Crippen molar-refractivity contribution in [1.29, 1.82) is 5.26 Å². The van der Waals surface area contributed by atoms with Crippen molar-refractivity contribution < 1.29 is 0 Å². The maximum absolute atomic E-state index is 8.75. The predicted octanol–water partition coefficient (Wildman–Crippen LogP) is 2.74. The zero-order valence-electron chi connectivity index (χ0n) is 9.53. The minimum absolute atomic E-state index is 0.533. The van der Waals surface area contributed by atoms with Crippen LogP contribution in [0.3, 0.4) is 0 Å². The number of anilines is 2. The van der Waals surface area contributed by atoms with Gasteiger partial charge in [0.1, 0.15) is 0 Å². The van der Waals surface area contributed by atoms with Crippen molar-refractivity contribution in [3.05, 3.63) is 23.8 Å². The lowest BCUT2D eigenvalue weighted by Gasteiger charge is -2.15. The monoisotopic (exact) mass is 215 g/mol. The Hall–Kier alpha value is -1.69. The first-order chi connectivity index (χ1) is 7.69. The molecule has 1 aliphatic rings. The molecule has 84 valence electrons. The van der Waals surface area contributed by atoms with Gasteiger partial charge in [0.05, 0.1) is 23.0 Å². The summed E-state index contributed by atoms with van der Waals surface area (Å²) < 4.78 is 0. The first-order valence-electron chi connectivity index (χ1n) is 5.75. The van der Waals surface area contributed by atoms with Crippen molar-refractivity contribution in [2.45, 2.75) is 32.2 Å². The Labute approximate surface area is 96.3 Å². The van der Waals surface area contributed by atoms with Gasteiger partial charge in [-0.2, -0.15) is 5.26 Å². The molecule has 2 unspecified atom stereocenters. The third kappa shape index (κ3) is 2.27. The number of nitriles is 1. The van der Waals surface area contributed by atoms with Gasteiger partial charge in [-0.15, -0.1) is 0 Å². The number of hydrogen-bond acceptors (Lipinski definition) is 3. The van der Waals surface area contributed by atoms with E-state index in [0.29, 0.717) is 17.3 Å². The second-order valence-electron chi connectivity index (χ2n) is 4.67. The number of benzene rings is 1. The van der Waals surface area contributed by atoms with Crippen LogP contribution in [0.15, 0.2) is 18.2 Å². The maximum Gasteiger partial charge on any atom is 0.0992 e. The summed E-state index contributed by atoms with van der Waals surface area (Å²) in [5.74, 6) is 0.803. The number of nitrogens with zero attached hydrogens (tertiary/aromatic N) is 1. The van der Waals surface area contributed by atoms with Crippen LogP contribution in [0.4, 0.5) is 11.4 Å². The van der Waals surface area contributed by atoms with Crippen molar-refractivity contribution in [1.82, 2.24) is 0 Å². The van der Waals surface area contributed by atoms with Crippen LogP contribution in [0.25, 0.3) is 0 Å². The van der Waals surface area contributed by atoms with E-state index in [2.05, 4.69) is 18.3 Å². The molecule has 1 aliphatic carbocycles. The van der Waals surface area contributed by atoms with Gasteiger partial charge in [-0.3, -0.25) is 0 Å². The fourth-order valence-corrected chi connectivity index (χ4v) is 2.32. The molecule has 2 rings (SSSR count). The Morgan fingerprint density at radius 3 is 2.81 bits per heavy atom. The molecule has 1 saturated carbocycles. The molecule has 1 aromatic carbocycles. The van der Waals surface area contributed by atoms with Crippen LogP contribution in [0.2, 0.25) is 0 Å². The van der Waals surface area contributed by atoms with Gasteiger partial charge in [0.15, 0.2) is 0 Å². The Morgan fingerprint density at radius 2 is 2.25 bits per heavy atom. The minimum atomic E-state index is 0.533. The second-order valence-corrected chi connectivity index (χ2v) is 4.67. The normalized spacial score (nSPS) is 24.0. The quantitative estimate of drug-likeness (QED) is 0.746. The van der Waals surface area contributed by atoms with E-state index < -0.39 is 0 Å². The average Bonchev–Trinajstić information content (AvgIpc) is 2.67. The van der Waals surface area contributed by atoms with Crippen LogP contribution in [0, 0.1) is 17.2 Å². The Kier molecular flexibility index (Phi) is 3.00. The molecule has 0 spiro atoms. The van der Waals surface area contributed by atoms with Crippen molar-refractivity contribution >= 4 is 11.4 Å². The van der Waals surface area contributed by atoms with Crippen molar-refractivity contribution in [2.75, 3.05) is 11.1 Å². The van der Waals surface area contributed by atoms with E-state index in [1.807, 2.05) is 6.07 Å². The van der Waals surface area contributed by atoms with Crippen LogP contribution in [0.5, 0.6) is 0 Å². The standard InChI is InChI=1S/C13H17N3/c1-9-2-4-11(6-9)16-13-5-3-10(8-14)7-12(13)15/h3,5,7,9,11,16H,2,4,6,15H2,1H3. The third-order valence-corrected chi connectivity index (χ3v) is 3.24. The number of nitrogen functional groups attached to an aromatic ring is 1. The fraction of sp³-hybridized carbons (Fsp3) is 0.462. The first-order valence-corrected chi connectivity index (χ1v) is 5.75. The van der Waals surface area contributed by atoms with Gasteiger partial charge in [0.2, 0.25) is 0 Å². The fourth-order valence-electron chi connectivity index (χ4n) is 2.32. The van der Waals surface area contributed by atoms with Crippen molar-refractivity contribution in [2.24, 2.45) is 5.92 Å². The first kappa shape index (κ1) is 10.8. The van der Waals surface area contributed by atoms with E-state index in [1.54, 1.807) is 12.1 Å². The van der Waals surface area contributed by atoms with Gasteiger partial charge in [0.25, 0.3) is 0 Å². The summed E-state index contributed by atoms with van der Waals surface area (Å²) >= 11 is 0. The topological polar surface area (TPSA) is 61.8 Å². The molecule has 0 bridgehead atoms. The Morgan fingerprint density at radius 1 is 1.44 bits per heavy atom. The second kappa shape index (κ2) is 4.44. The molecule has 3 heteroatoms. The zero-order chi connectivity index (χ0) is 11.5. The lowest BCUT2D eigenvalue weighted by molar-refractivity contribution is 0.603. The maximum atomic E-state index is 8.75. The number of nitrogens with two attached hydrogens (primary N) is 1. The number of hydrogen-bond donors (Lipinski definition) is 2. The molecule has 0 amide bonds. The predicted molar refractivity (Wildman–Crippen MR) is 66.0 cm³/mol. The van der Waals surface area contributed by atoms with Crippen LogP contribution in [0.1, 0.15) is 31.7 Å². The molecule has 2 atom stereocenters. The van der Waals surface area contributed by atoms with Crippen molar-refractivity contribution in [3.63, 3.8) is 0 Å². The third-order valence-electron chi connectivity index (χ3n) is 3.24. The van der Waals surface area contributed by atoms with Crippen LogP contribution < -0.4 is 11.1 Å². The highest BCUT2D eigenvalue weighted by atomic mass is 14.9. The highest BCUT2D eigenvalue weighted by Crippen LogP contribution is 2.29. The summed E-state index contributed by atoms with van der Waals surface area (Å²) in [6, 6.07) is 8.05. The molecule has 0 heterocycles. The van der Waals surface area contributed by atoms with Gasteiger partial charge >= 0.3 is 0 Å². The SMILES string of the molecule is CC1CCC(Nc2ccc(C#N)cc2N)C1. The van der Waals surface area contributed by atoms with Gasteiger partial charge in [-0.1, -0.05) is 6.92 Å². The lowest BCUT2D eigenvalue weighted by Crippen LogP contribution is -2.16. The minimum Gasteiger partial charge on any atom is -0.397 e. The van der Waals surface area contributed by atoms with E-state index >= 15 is 0 Å². The van der Waals surface area contributed by atoms with Gasteiger partial charge in [0, 0.05) is 6.04 Å². The zero-order valence-corrected chi connectivity index (χ0v) is 9.53. The molecule has 16 heavy (non-hydrogen) atoms. The number of nitrogens with one attached hydrogen (secondary N) is 1. The average molecular weight is 215 g/mol. The van der Waals surface area contributed by atoms with E-state index in [9.17, 15) is 0 Å². The number of rotatable bonds is 2. The van der Waals surface area contributed by atoms with E-state index in [1.165, 1.54) is 19.3 Å². The van der Waals surface area contributed by atoms with E-state index in [4.69, 9.17) is 11.0 Å². The van der Waals surface area contributed by atoms with Crippen molar-refractivity contribution in [3.8, 4) is 6.07 Å². The van der Waals surface area contributed by atoms with E-state index in [-0.39, 0.29) is 0 Å².